The van der Waals surface area contributed by atoms with Crippen molar-refractivity contribution in [1.29, 1.82) is 0 Å². The Labute approximate surface area is 133 Å². The van der Waals surface area contributed by atoms with Crippen LogP contribution in [0.2, 0.25) is 0 Å². The minimum atomic E-state index is 0.0360. The minimum absolute atomic E-state index is 0.0360. The van der Waals surface area contributed by atoms with Crippen molar-refractivity contribution in [3.05, 3.63) is 35.4 Å². The molecular weight excluding hydrogens is 276 g/mol. The van der Waals surface area contributed by atoms with E-state index >= 15 is 0 Å². The van der Waals surface area contributed by atoms with E-state index in [2.05, 4.69) is 45.6 Å². The van der Waals surface area contributed by atoms with E-state index in [9.17, 15) is 4.79 Å². The van der Waals surface area contributed by atoms with E-state index in [1.165, 1.54) is 11.1 Å². The average Bonchev–Trinajstić information content (AvgIpc) is 2.55. The molecule has 0 atom stereocenters. The van der Waals surface area contributed by atoms with Crippen molar-refractivity contribution in [1.82, 2.24) is 20.4 Å². The highest BCUT2D eigenvalue weighted by Crippen LogP contribution is 2.13. The Bertz CT molecular complexity index is 469. The number of piperazine rings is 1. The van der Waals surface area contributed by atoms with Crippen LogP contribution in [0.15, 0.2) is 24.3 Å². The van der Waals surface area contributed by atoms with Gasteiger partial charge >= 0.3 is 0 Å². The third kappa shape index (κ3) is 5.09. The first-order valence-electron chi connectivity index (χ1n) is 8.15. The zero-order valence-corrected chi connectivity index (χ0v) is 13.8. The van der Waals surface area contributed by atoms with Crippen molar-refractivity contribution in [2.75, 3.05) is 46.3 Å². The Kier molecular flexibility index (Phi) is 6.83. The molecule has 5 heteroatoms. The molecule has 122 valence electrons. The molecule has 0 radical (unpaired) electrons. The fourth-order valence-corrected chi connectivity index (χ4v) is 2.81. The molecule has 5 nitrogen and oxygen atoms in total. The van der Waals surface area contributed by atoms with Gasteiger partial charge in [-0.1, -0.05) is 31.2 Å². The van der Waals surface area contributed by atoms with Crippen LogP contribution in [0.5, 0.6) is 0 Å². The lowest BCUT2D eigenvalue weighted by molar-refractivity contribution is -0.120. The van der Waals surface area contributed by atoms with Gasteiger partial charge in [-0.05, 0) is 24.7 Å². The van der Waals surface area contributed by atoms with Crippen molar-refractivity contribution < 1.29 is 4.79 Å². The number of rotatable bonds is 7. The molecule has 0 saturated carbocycles. The molecule has 22 heavy (non-hydrogen) atoms. The Morgan fingerprint density at radius 3 is 2.36 bits per heavy atom. The summed E-state index contributed by atoms with van der Waals surface area (Å²) in [6, 6.07) is 8.40. The van der Waals surface area contributed by atoms with Crippen molar-refractivity contribution in [2.45, 2.75) is 20.0 Å². The summed E-state index contributed by atoms with van der Waals surface area (Å²) in [5.74, 6) is 0.0360. The van der Waals surface area contributed by atoms with Crippen LogP contribution in [0.1, 0.15) is 18.1 Å². The van der Waals surface area contributed by atoms with Crippen LogP contribution in [0.25, 0.3) is 0 Å². The molecule has 1 saturated heterocycles. The maximum Gasteiger partial charge on any atom is 0.234 e. The van der Waals surface area contributed by atoms with Crippen LogP contribution in [0, 0.1) is 0 Å². The second-order valence-electron chi connectivity index (χ2n) is 5.79. The van der Waals surface area contributed by atoms with Gasteiger partial charge in [-0.3, -0.25) is 9.69 Å². The number of carbonyl (C=O) groups excluding carboxylic acids is 1. The molecule has 1 aliphatic heterocycles. The molecule has 0 unspecified atom stereocenters. The molecular formula is C17H28N4O. The van der Waals surface area contributed by atoms with E-state index in [0.29, 0.717) is 13.1 Å². The van der Waals surface area contributed by atoms with Crippen LogP contribution >= 0.6 is 0 Å². The fourth-order valence-electron chi connectivity index (χ4n) is 2.81. The lowest BCUT2D eigenvalue weighted by Gasteiger charge is -2.34. The lowest BCUT2D eigenvalue weighted by atomic mass is 10.1. The summed E-state index contributed by atoms with van der Waals surface area (Å²) >= 11 is 0. The molecule has 0 spiro atoms. The van der Waals surface area contributed by atoms with Gasteiger partial charge in [0.15, 0.2) is 0 Å². The summed E-state index contributed by atoms with van der Waals surface area (Å²) in [5.41, 5.74) is 2.53. The van der Waals surface area contributed by atoms with Crippen molar-refractivity contribution in [3.8, 4) is 0 Å². The predicted octanol–water partition coefficient (Wildman–Crippen LogP) is 0.660. The number of amides is 1. The first-order valence-corrected chi connectivity index (χ1v) is 8.15. The highest BCUT2D eigenvalue weighted by atomic mass is 16.1. The molecule has 1 aromatic carbocycles. The van der Waals surface area contributed by atoms with Crippen molar-refractivity contribution >= 4 is 5.91 Å². The Morgan fingerprint density at radius 1 is 1.09 bits per heavy atom. The van der Waals surface area contributed by atoms with Crippen molar-refractivity contribution in [2.24, 2.45) is 0 Å². The van der Waals surface area contributed by atoms with Gasteiger partial charge in [-0.25, -0.2) is 0 Å². The standard InChI is InChI=1S/C17H28N4O/c1-3-20-8-10-21(11-9-20)14-16-7-5-4-6-15(16)12-19-17(22)13-18-2/h4-7,18H,3,8-14H2,1-2H3,(H,19,22). The number of hydrogen-bond acceptors (Lipinski definition) is 4. The molecule has 1 amide bonds. The number of nitrogens with one attached hydrogen (secondary N) is 2. The van der Waals surface area contributed by atoms with Crippen LogP contribution in [0.3, 0.4) is 0 Å². The van der Waals surface area contributed by atoms with E-state index in [-0.39, 0.29) is 5.91 Å². The normalized spacial score (nSPS) is 16.6. The number of nitrogens with zero attached hydrogens (tertiary/aromatic N) is 2. The molecule has 1 aliphatic rings. The second-order valence-corrected chi connectivity index (χ2v) is 5.79. The van der Waals surface area contributed by atoms with Crippen LogP contribution in [0.4, 0.5) is 0 Å². The van der Waals surface area contributed by atoms with E-state index in [1.807, 2.05) is 6.07 Å². The third-order valence-electron chi connectivity index (χ3n) is 4.24. The van der Waals surface area contributed by atoms with Crippen molar-refractivity contribution in [3.63, 3.8) is 0 Å². The van der Waals surface area contributed by atoms with Gasteiger partial charge < -0.3 is 15.5 Å². The van der Waals surface area contributed by atoms with Gasteiger partial charge in [-0.2, -0.15) is 0 Å². The van der Waals surface area contributed by atoms with Gasteiger partial charge in [-0.15, -0.1) is 0 Å². The Morgan fingerprint density at radius 2 is 1.73 bits per heavy atom. The zero-order valence-electron chi connectivity index (χ0n) is 13.8. The summed E-state index contributed by atoms with van der Waals surface area (Å²) in [4.78, 5) is 16.6. The molecule has 1 fully saturated rings. The molecule has 0 bridgehead atoms. The van der Waals surface area contributed by atoms with E-state index < -0.39 is 0 Å². The molecule has 1 aromatic rings. The van der Waals surface area contributed by atoms with Crippen LogP contribution < -0.4 is 10.6 Å². The summed E-state index contributed by atoms with van der Waals surface area (Å²) in [6.07, 6.45) is 0. The number of carbonyl (C=O) groups is 1. The van der Waals surface area contributed by atoms with Crippen LogP contribution in [-0.2, 0) is 17.9 Å². The first kappa shape index (κ1) is 16.9. The Hall–Kier alpha value is -1.43. The van der Waals surface area contributed by atoms with Gasteiger partial charge in [0.1, 0.15) is 0 Å². The summed E-state index contributed by atoms with van der Waals surface area (Å²) in [7, 11) is 1.78. The third-order valence-corrected chi connectivity index (χ3v) is 4.24. The maximum absolute atomic E-state index is 11.6. The first-order chi connectivity index (χ1) is 10.7. The quantitative estimate of drug-likeness (QED) is 0.777. The highest BCUT2D eigenvalue weighted by Gasteiger charge is 2.16. The second kappa shape index (κ2) is 8.88. The van der Waals surface area contributed by atoms with E-state index in [0.717, 1.165) is 39.3 Å². The summed E-state index contributed by atoms with van der Waals surface area (Å²) in [6.45, 7) is 9.83. The SMILES string of the molecule is CCN1CCN(Cc2ccccc2CNC(=O)CNC)CC1. The van der Waals surface area contributed by atoms with E-state index in [4.69, 9.17) is 0 Å². The smallest absolute Gasteiger partial charge is 0.234 e. The monoisotopic (exact) mass is 304 g/mol. The molecule has 2 N–H and O–H groups in total. The number of hydrogen-bond donors (Lipinski definition) is 2. The van der Waals surface area contributed by atoms with Gasteiger partial charge in [0.2, 0.25) is 5.91 Å². The van der Waals surface area contributed by atoms with Gasteiger partial charge in [0.05, 0.1) is 6.54 Å². The maximum atomic E-state index is 11.6. The largest absolute Gasteiger partial charge is 0.351 e. The summed E-state index contributed by atoms with van der Waals surface area (Å²) in [5, 5.41) is 5.83. The molecule has 1 heterocycles. The molecule has 2 rings (SSSR count). The zero-order chi connectivity index (χ0) is 15.8. The highest BCUT2D eigenvalue weighted by molar-refractivity contribution is 5.77. The minimum Gasteiger partial charge on any atom is -0.351 e. The number of benzene rings is 1. The topological polar surface area (TPSA) is 47.6 Å². The van der Waals surface area contributed by atoms with Crippen LogP contribution in [-0.4, -0.2) is 62.0 Å². The average molecular weight is 304 g/mol. The predicted molar refractivity (Wildman–Crippen MR) is 89.6 cm³/mol. The molecule has 0 aliphatic carbocycles. The van der Waals surface area contributed by atoms with Gasteiger partial charge in [0, 0.05) is 39.3 Å². The Balaban J connectivity index is 1.89. The number of likely N-dealkylation sites (N-methyl/N-ethyl adjacent to an activating group) is 2. The van der Waals surface area contributed by atoms with Gasteiger partial charge in [0.25, 0.3) is 0 Å². The molecule has 0 aromatic heterocycles. The fraction of sp³-hybridized carbons (Fsp3) is 0.588. The lowest BCUT2D eigenvalue weighted by Crippen LogP contribution is -2.45. The summed E-state index contributed by atoms with van der Waals surface area (Å²) < 4.78 is 0. The van der Waals surface area contributed by atoms with E-state index in [1.54, 1.807) is 7.05 Å².